The molecule has 1 aromatic heterocycles. The van der Waals surface area contributed by atoms with Gasteiger partial charge in [-0.3, -0.25) is 9.78 Å². The molecule has 3 rings (SSSR count). The Morgan fingerprint density at radius 2 is 1.74 bits per heavy atom. The molecule has 0 bridgehead atoms. The van der Waals surface area contributed by atoms with Gasteiger partial charge in [0.05, 0.1) is 11.3 Å². The number of nitrogens with zero attached hydrogens (tertiary/aromatic N) is 1. The lowest BCUT2D eigenvalue weighted by Gasteiger charge is -2.19. The minimum atomic E-state index is -4.68. The molecule has 0 saturated carbocycles. The van der Waals surface area contributed by atoms with Crippen molar-refractivity contribution in [2.75, 3.05) is 30.8 Å². The number of aromatic nitrogens is 1. The Morgan fingerprint density at radius 1 is 1.00 bits per heavy atom. The summed E-state index contributed by atoms with van der Waals surface area (Å²) in [5.41, 5.74) is -0.648. The number of pyridine rings is 1. The van der Waals surface area contributed by atoms with Gasteiger partial charge in [0.2, 0.25) is 0 Å². The summed E-state index contributed by atoms with van der Waals surface area (Å²) in [6.45, 7) is 4.10. The molecular formula is C26H28F3N5O4. The van der Waals surface area contributed by atoms with Gasteiger partial charge in [0.25, 0.3) is 5.91 Å². The maximum atomic E-state index is 13.6. The van der Waals surface area contributed by atoms with Crippen molar-refractivity contribution >= 4 is 23.3 Å². The Labute approximate surface area is 217 Å². The van der Waals surface area contributed by atoms with Crippen molar-refractivity contribution in [2.45, 2.75) is 26.1 Å². The highest BCUT2D eigenvalue weighted by molar-refractivity contribution is 6.01. The number of rotatable bonds is 10. The molecule has 12 heteroatoms. The van der Waals surface area contributed by atoms with E-state index < -0.39 is 23.5 Å². The minimum Gasteiger partial charge on any atom is -0.489 e. The van der Waals surface area contributed by atoms with Crippen LogP contribution in [0.3, 0.4) is 0 Å². The predicted octanol–water partition coefficient (Wildman–Crippen LogP) is 5.27. The number of benzene rings is 2. The van der Waals surface area contributed by atoms with E-state index in [1.807, 2.05) is 13.8 Å². The largest absolute Gasteiger partial charge is 0.489 e. The molecule has 202 valence electrons. The second-order valence-corrected chi connectivity index (χ2v) is 8.30. The second kappa shape index (κ2) is 12.8. The number of nitrogens with one attached hydrogen (secondary N) is 4. The number of halogens is 3. The molecule has 0 spiro atoms. The van der Waals surface area contributed by atoms with Crippen molar-refractivity contribution in [1.29, 1.82) is 0 Å². The monoisotopic (exact) mass is 531 g/mol. The number of ether oxygens (including phenoxy) is 2. The average Bonchev–Trinajstić information content (AvgIpc) is 2.86. The fourth-order valence-corrected chi connectivity index (χ4v) is 3.30. The summed E-state index contributed by atoms with van der Waals surface area (Å²) < 4.78 is 52.0. The number of urea groups is 1. The van der Waals surface area contributed by atoms with Crippen LogP contribution in [0.15, 0.2) is 60.8 Å². The van der Waals surface area contributed by atoms with Crippen LogP contribution in [0.25, 0.3) is 0 Å². The molecule has 2 aromatic carbocycles. The first-order valence-corrected chi connectivity index (χ1v) is 11.7. The summed E-state index contributed by atoms with van der Waals surface area (Å²) in [7, 11) is 1.48. The zero-order valence-corrected chi connectivity index (χ0v) is 21.0. The first kappa shape index (κ1) is 28.3. The Balaban J connectivity index is 1.72. The molecule has 0 aliphatic rings. The summed E-state index contributed by atoms with van der Waals surface area (Å²) in [6, 6.07) is 12.1. The maximum Gasteiger partial charge on any atom is 0.420 e. The molecule has 0 atom stereocenters. The number of amides is 3. The van der Waals surface area contributed by atoms with Crippen LogP contribution in [0.2, 0.25) is 0 Å². The molecule has 0 radical (unpaired) electrons. The molecule has 1 heterocycles. The van der Waals surface area contributed by atoms with Gasteiger partial charge in [-0.25, -0.2) is 4.79 Å². The van der Waals surface area contributed by atoms with E-state index in [0.717, 1.165) is 6.07 Å². The van der Waals surface area contributed by atoms with Crippen molar-refractivity contribution in [2.24, 2.45) is 0 Å². The van der Waals surface area contributed by atoms with Gasteiger partial charge in [-0.15, -0.1) is 0 Å². The second-order valence-electron chi connectivity index (χ2n) is 8.30. The SMILES string of the molecule is CNC(=O)c1cc(Oc2cccc(NC(=O)Nc3cccc(C(F)(F)F)c3OCCNC(C)C)c2)ccn1. The highest BCUT2D eigenvalue weighted by atomic mass is 19.4. The highest BCUT2D eigenvalue weighted by Gasteiger charge is 2.35. The number of carbonyl (C=O) groups excluding carboxylic acids is 2. The zero-order chi connectivity index (χ0) is 27.7. The Morgan fingerprint density at radius 3 is 2.45 bits per heavy atom. The standard InChI is InChI=1S/C26H28F3N5O4/c1-16(2)31-12-13-37-23-20(26(27,28)29)8-5-9-21(23)34-25(36)33-17-6-4-7-18(14-17)38-19-10-11-32-22(15-19)24(35)30-3/h4-11,14-16,31H,12-13H2,1-3H3,(H,30,35)(H2,33,34,36). The third-order valence-corrected chi connectivity index (χ3v) is 4.99. The van der Waals surface area contributed by atoms with Crippen molar-refractivity contribution in [3.63, 3.8) is 0 Å². The van der Waals surface area contributed by atoms with Gasteiger partial charge in [-0.05, 0) is 30.3 Å². The molecular weight excluding hydrogens is 503 g/mol. The summed E-state index contributed by atoms with van der Waals surface area (Å²) in [5.74, 6) is -0.158. The Kier molecular flexibility index (Phi) is 9.49. The molecule has 38 heavy (non-hydrogen) atoms. The topological polar surface area (TPSA) is 114 Å². The summed E-state index contributed by atoms with van der Waals surface area (Å²) in [6.07, 6.45) is -3.26. The molecule has 9 nitrogen and oxygen atoms in total. The van der Waals surface area contributed by atoms with E-state index in [4.69, 9.17) is 9.47 Å². The van der Waals surface area contributed by atoms with E-state index >= 15 is 0 Å². The van der Waals surface area contributed by atoms with Crippen LogP contribution in [0.4, 0.5) is 29.3 Å². The van der Waals surface area contributed by atoms with Gasteiger partial charge < -0.3 is 30.7 Å². The average molecular weight is 532 g/mol. The van der Waals surface area contributed by atoms with Crippen molar-refractivity contribution in [3.8, 4) is 17.2 Å². The van der Waals surface area contributed by atoms with E-state index in [1.54, 1.807) is 24.3 Å². The Hall–Kier alpha value is -4.32. The van der Waals surface area contributed by atoms with Gasteiger partial charge in [0.1, 0.15) is 23.8 Å². The molecule has 0 saturated heterocycles. The van der Waals surface area contributed by atoms with E-state index in [2.05, 4.69) is 26.3 Å². The van der Waals surface area contributed by atoms with Gasteiger partial charge in [0.15, 0.2) is 5.75 Å². The molecule has 3 aromatic rings. The number of para-hydroxylation sites is 1. The smallest absolute Gasteiger partial charge is 0.420 e. The highest BCUT2D eigenvalue weighted by Crippen LogP contribution is 2.40. The first-order valence-electron chi connectivity index (χ1n) is 11.7. The molecule has 0 aliphatic heterocycles. The van der Waals surface area contributed by atoms with E-state index in [1.165, 1.54) is 37.5 Å². The third-order valence-electron chi connectivity index (χ3n) is 4.99. The number of carbonyl (C=O) groups is 2. The maximum absolute atomic E-state index is 13.6. The van der Waals surface area contributed by atoms with Gasteiger partial charge in [-0.2, -0.15) is 13.2 Å². The van der Waals surface area contributed by atoms with Crippen LogP contribution in [0.5, 0.6) is 17.2 Å². The number of hydrogen-bond donors (Lipinski definition) is 4. The number of anilines is 2. The van der Waals surface area contributed by atoms with Crippen molar-refractivity contribution in [1.82, 2.24) is 15.6 Å². The molecule has 3 amide bonds. The summed E-state index contributed by atoms with van der Waals surface area (Å²) in [4.78, 5) is 28.4. The van der Waals surface area contributed by atoms with Gasteiger partial charge in [0, 0.05) is 43.7 Å². The predicted molar refractivity (Wildman–Crippen MR) is 137 cm³/mol. The lowest BCUT2D eigenvalue weighted by Crippen LogP contribution is -2.28. The first-order chi connectivity index (χ1) is 18.1. The van der Waals surface area contributed by atoms with Gasteiger partial charge >= 0.3 is 12.2 Å². The van der Waals surface area contributed by atoms with Crippen LogP contribution in [0.1, 0.15) is 29.9 Å². The number of hydrogen-bond acceptors (Lipinski definition) is 6. The van der Waals surface area contributed by atoms with Crippen molar-refractivity contribution < 1.29 is 32.2 Å². The quantitative estimate of drug-likeness (QED) is 0.265. The van der Waals surface area contributed by atoms with Crippen LogP contribution < -0.4 is 30.7 Å². The minimum absolute atomic E-state index is 0.0302. The third kappa shape index (κ3) is 8.10. The fraction of sp³-hybridized carbons (Fsp3) is 0.269. The molecule has 0 fully saturated rings. The van der Waals surface area contributed by atoms with Crippen LogP contribution >= 0.6 is 0 Å². The summed E-state index contributed by atoms with van der Waals surface area (Å²) in [5, 5.41) is 10.5. The van der Waals surface area contributed by atoms with Crippen LogP contribution in [0, 0.1) is 0 Å². The number of alkyl halides is 3. The fourth-order valence-electron chi connectivity index (χ4n) is 3.30. The molecule has 0 aliphatic carbocycles. The molecule has 0 unspecified atom stereocenters. The van der Waals surface area contributed by atoms with Crippen LogP contribution in [-0.4, -0.2) is 43.2 Å². The Bertz CT molecular complexity index is 1270. The summed E-state index contributed by atoms with van der Waals surface area (Å²) >= 11 is 0. The zero-order valence-electron chi connectivity index (χ0n) is 21.0. The van der Waals surface area contributed by atoms with E-state index in [0.29, 0.717) is 23.7 Å². The van der Waals surface area contributed by atoms with Gasteiger partial charge in [-0.1, -0.05) is 26.0 Å². The van der Waals surface area contributed by atoms with Crippen LogP contribution in [-0.2, 0) is 6.18 Å². The molecule has 4 N–H and O–H groups in total. The lowest BCUT2D eigenvalue weighted by atomic mass is 10.1. The van der Waals surface area contributed by atoms with E-state index in [-0.39, 0.29) is 29.9 Å². The lowest BCUT2D eigenvalue weighted by molar-refractivity contribution is -0.138. The van der Waals surface area contributed by atoms with E-state index in [9.17, 15) is 22.8 Å². The normalized spacial score (nSPS) is 11.1. The van der Waals surface area contributed by atoms with Crippen molar-refractivity contribution in [3.05, 3.63) is 72.1 Å².